The molecule has 0 saturated carbocycles. The number of benzene rings is 1. The Hall–Kier alpha value is -1.79. The van der Waals surface area contributed by atoms with E-state index >= 15 is 0 Å². The van der Waals surface area contributed by atoms with Crippen molar-refractivity contribution in [3.63, 3.8) is 0 Å². The molecule has 0 heterocycles. The lowest BCUT2D eigenvalue weighted by Gasteiger charge is -2.23. The number of nitrogens with one attached hydrogen (secondary N) is 1. The zero-order chi connectivity index (χ0) is 15.8. The van der Waals surface area contributed by atoms with Crippen LogP contribution in [0.4, 0.5) is 0 Å². The van der Waals surface area contributed by atoms with Gasteiger partial charge in [0.1, 0.15) is 0 Å². The van der Waals surface area contributed by atoms with Crippen LogP contribution in [0.2, 0.25) is 0 Å². The van der Waals surface area contributed by atoms with Crippen LogP contribution < -0.4 is 14.8 Å². The van der Waals surface area contributed by atoms with Gasteiger partial charge < -0.3 is 25.0 Å². The molecule has 21 heavy (non-hydrogen) atoms. The van der Waals surface area contributed by atoms with Crippen molar-refractivity contribution in [2.24, 2.45) is 0 Å². The summed E-state index contributed by atoms with van der Waals surface area (Å²) in [6.07, 6.45) is -0.239. The molecule has 0 saturated heterocycles. The molecule has 0 fully saturated rings. The summed E-state index contributed by atoms with van der Waals surface area (Å²) in [7, 11) is 3.04. The van der Waals surface area contributed by atoms with E-state index in [4.69, 9.17) is 14.6 Å². The molecular formula is C15H23NO5. The third kappa shape index (κ3) is 4.91. The maximum absolute atomic E-state index is 10.9. The molecule has 2 unspecified atom stereocenters. The maximum Gasteiger partial charge on any atom is 0.305 e. The number of carboxylic acids is 1. The number of methoxy groups -OCH3 is 2. The van der Waals surface area contributed by atoms with Crippen LogP contribution in [0, 0.1) is 0 Å². The summed E-state index contributed by atoms with van der Waals surface area (Å²) in [5, 5.41) is 22.4. The average molecular weight is 297 g/mol. The molecular weight excluding hydrogens is 274 g/mol. The van der Waals surface area contributed by atoms with Gasteiger partial charge in [-0.15, -0.1) is 0 Å². The van der Waals surface area contributed by atoms with Crippen LogP contribution in [0.3, 0.4) is 0 Å². The number of rotatable bonds is 9. The Balaban J connectivity index is 2.95. The fourth-order valence-electron chi connectivity index (χ4n) is 2.08. The highest BCUT2D eigenvalue weighted by Crippen LogP contribution is 2.31. The highest BCUT2D eigenvalue weighted by molar-refractivity contribution is 5.67. The van der Waals surface area contributed by atoms with Crippen molar-refractivity contribution in [3.8, 4) is 11.5 Å². The summed E-state index contributed by atoms with van der Waals surface area (Å²) >= 11 is 0. The third-order valence-electron chi connectivity index (χ3n) is 3.18. The minimum atomic E-state index is -0.955. The van der Waals surface area contributed by atoms with Gasteiger partial charge in [-0.1, -0.05) is 13.0 Å². The van der Waals surface area contributed by atoms with Crippen molar-refractivity contribution in [1.29, 1.82) is 0 Å². The van der Waals surface area contributed by atoms with E-state index in [0.717, 1.165) is 6.42 Å². The van der Waals surface area contributed by atoms with Gasteiger partial charge in [-0.05, 0) is 30.7 Å². The summed E-state index contributed by atoms with van der Waals surface area (Å²) in [6.45, 7) is 2.62. The number of aliphatic hydroxyl groups excluding tert-OH is 1. The van der Waals surface area contributed by atoms with Crippen molar-refractivity contribution in [2.45, 2.75) is 31.9 Å². The van der Waals surface area contributed by atoms with Gasteiger partial charge >= 0.3 is 5.97 Å². The maximum atomic E-state index is 10.9. The Morgan fingerprint density at radius 2 is 1.95 bits per heavy atom. The highest BCUT2D eigenvalue weighted by Gasteiger charge is 2.24. The van der Waals surface area contributed by atoms with Crippen molar-refractivity contribution in [2.75, 3.05) is 20.8 Å². The molecule has 118 valence electrons. The molecule has 2 atom stereocenters. The van der Waals surface area contributed by atoms with Crippen LogP contribution in [-0.2, 0) is 4.79 Å². The monoisotopic (exact) mass is 297 g/mol. The van der Waals surface area contributed by atoms with Crippen molar-refractivity contribution < 1.29 is 24.5 Å². The van der Waals surface area contributed by atoms with Gasteiger partial charge in [0, 0.05) is 6.04 Å². The lowest BCUT2D eigenvalue weighted by Crippen LogP contribution is -2.37. The molecule has 0 aromatic heterocycles. The van der Waals surface area contributed by atoms with E-state index in [-0.39, 0.29) is 6.42 Å². The second-order valence-corrected chi connectivity index (χ2v) is 4.72. The molecule has 6 nitrogen and oxygen atoms in total. The van der Waals surface area contributed by atoms with Gasteiger partial charge in [0.2, 0.25) is 0 Å². The molecule has 0 bridgehead atoms. The van der Waals surface area contributed by atoms with Crippen LogP contribution in [-0.4, -0.2) is 43.0 Å². The standard InChI is InChI=1S/C15H23NO5/c1-4-7-16-11(9-14(17)18)15(19)10-5-6-12(20-2)13(8-10)21-3/h5-6,8,11,15-16,19H,4,7,9H2,1-3H3,(H,17,18). The van der Waals surface area contributed by atoms with E-state index in [1.807, 2.05) is 6.92 Å². The van der Waals surface area contributed by atoms with Crippen LogP contribution in [0.1, 0.15) is 31.4 Å². The van der Waals surface area contributed by atoms with Crippen LogP contribution in [0.5, 0.6) is 11.5 Å². The van der Waals surface area contributed by atoms with E-state index in [9.17, 15) is 9.90 Å². The Bertz CT molecular complexity index is 463. The predicted molar refractivity (Wildman–Crippen MR) is 78.8 cm³/mol. The van der Waals surface area contributed by atoms with Crippen molar-refractivity contribution in [3.05, 3.63) is 23.8 Å². The number of carbonyl (C=O) groups is 1. The number of aliphatic carboxylic acids is 1. The van der Waals surface area contributed by atoms with Gasteiger partial charge in [0.05, 0.1) is 26.7 Å². The molecule has 0 aliphatic carbocycles. The normalized spacial score (nSPS) is 13.5. The second-order valence-electron chi connectivity index (χ2n) is 4.72. The second kappa shape index (κ2) is 8.49. The SMILES string of the molecule is CCCNC(CC(=O)O)C(O)c1ccc(OC)c(OC)c1. The third-order valence-corrected chi connectivity index (χ3v) is 3.18. The van der Waals surface area contributed by atoms with Crippen molar-refractivity contribution in [1.82, 2.24) is 5.32 Å². The molecule has 6 heteroatoms. The van der Waals surface area contributed by atoms with Crippen molar-refractivity contribution >= 4 is 5.97 Å². The molecule has 0 aliphatic heterocycles. The number of ether oxygens (including phenoxy) is 2. The molecule has 0 spiro atoms. The van der Waals surface area contributed by atoms with Gasteiger partial charge in [0.15, 0.2) is 11.5 Å². The van der Waals surface area contributed by atoms with E-state index in [1.165, 1.54) is 14.2 Å². The number of hydrogen-bond acceptors (Lipinski definition) is 5. The summed E-state index contributed by atoms with van der Waals surface area (Å²) in [4.78, 5) is 10.9. The Morgan fingerprint density at radius 3 is 2.48 bits per heavy atom. The molecule has 1 rings (SSSR count). The minimum absolute atomic E-state index is 0.157. The Kier molecular flexibility index (Phi) is 6.98. The first kappa shape index (κ1) is 17.3. The van der Waals surface area contributed by atoms with E-state index in [1.54, 1.807) is 18.2 Å². The van der Waals surface area contributed by atoms with Gasteiger partial charge in [-0.3, -0.25) is 4.79 Å². The smallest absolute Gasteiger partial charge is 0.305 e. The molecule has 1 aromatic carbocycles. The quantitative estimate of drug-likeness (QED) is 0.641. The molecule has 0 amide bonds. The first-order valence-corrected chi connectivity index (χ1v) is 6.88. The lowest BCUT2D eigenvalue weighted by molar-refractivity contribution is -0.138. The largest absolute Gasteiger partial charge is 0.493 e. The zero-order valence-electron chi connectivity index (χ0n) is 12.6. The Morgan fingerprint density at radius 1 is 1.29 bits per heavy atom. The molecule has 1 aromatic rings. The van der Waals surface area contributed by atoms with E-state index in [0.29, 0.717) is 23.6 Å². The molecule has 0 radical (unpaired) electrons. The van der Waals surface area contributed by atoms with Gasteiger partial charge in [-0.25, -0.2) is 0 Å². The fraction of sp³-hybridized carbons (Fsp3) is 0.533. The van der Waals surface area contributed by atoms with Gasteiger partial charge in [-0.2, -0.15) is 0 Å². The minimum Gasteiger partial charge on any atom is -0.493 e. The number of hydrogen-bond donors (Lipinski definition) is 3. The summed E-state index contributed by atoms with van der Waals surface area (Å²) in [6, 6.07) is 4.50. The first-order valence-electron chi connectivity index (χ1n) is 6.88. The Labute approximate surface area is 124 Å². The topological polar surface area (TPSA) is 88.0 Å². The van der Waals surface area contributed by atoms with Gasteiger partial charge in [0.25, 0.3) is 0 Å². The summed E-state index contributed by atoms with van der Waals surface area (Å²) in [5.74, 6) is 0.103. The summed E-state index contributed by atoms with van der Waals surface area (Å²) < 4.78 is 10.3. The van der Waals surface area contributed by atoms with Crippen LogP contribution in [0.25, 0.3) is 0 Å². The highest BCUT2D eigenvalue weighted by atomic mass is 16.5. The zero-order valence-corrected chi connectivity index (χ0v) is 12.6. The average Bonchev–Trinajstić information content (AvgIpc) is 2.49. The number of aliphatic hydroxyl groups is 1. The van der Waals surface area contributed by atoms with Crippen LogP contribution in [0.15, 0.2) is 18.2 Å². The fourth-order valence-corrected chi connectivity index (χ4v) is 2.08. The molecule has 0 aliphatic rings. The lowest BCUT2D eigenvalue weighted by atomic mass is 9.99. The molecule has 3 N–H and O–H groups in total. The predicted octanol–water partition coefficient (Wildman–Crippen LogP) is 1.58. The van der Waals surface area contributed by atoms with E-state index in [2.05, 4.69) is 5.32 Å². The first-order chi connectivity index (χ1) is 10.0. The van der Waals surface area contributed by atoms with E-state index < -0.39 is 18.1 Å². The summed E-state index contributed by atoms with van der Waals surface area (Å²) in [5.41, 5.74) is 0.586. The number of carboxylic acid groups (broad SMARTS) is 1. The van der Waals surface area contributed by atoms with Crippen LogP contribution >= 0.6 is 0 Å².